The van der Waals surface area contributed by atoms with E-state index in [-0.39, 0.29) is 6.10 Å². The van der Waals surface area contributed by atoms with Crippen LogP contribution < -0.4 is 4.74 Å². The molecule has 0 fully saturated rings. The van der Waals surface area contributed by atoms with E-state index < -0.39 is 5.97 Å². The van der Waals surface area contributed by atoms with Crippen molar-refractivity contribution in [2.24, 2.45) is 0 Å². The topological polar surface area (TPSA) is 46.5 Å². The van der Waals surface area contributed by atoms with Crippen molar-refractivity contribution in [2.45, 2.75) is 84.2 Å². The number of unbranched alkanes of at least 4 members (excludes halogenated alkanes) is 6. The van der Waals surface area contributed by atoms with Gasteiger partial charge in [0, 0.05) is 0 Å². The van der Waals surface area contributed by atoms with Gasteiger partial charge in [-0.25, -0.2) is 4.79 Å². The molecule has 0 saturated heterocycles. The van der Waals surface area contributed by atoms with Crippen LogP contribution in [0.4, 0.5) is 0 Å². The van der Waals surface area contributed by atoms with Crippen molar-refractivity contribution in [2.75, 3.05) is 0 Å². The largest absolute Gasteiger partial charge is 0.490 e. The van der Waals surface area contributed by atoms with Crippen LogP contribution in [0.5, 0.6) is 5.75 Å². The monoisotopic (exact) mass is 474 g/mol. The molecule has 2 aromatic rings. The molecule has 188 valence electrons. The Labute approximate surface area is 212 Å². The number of carbonyl (C=O) groups is 1. The van der Waals surface area contributed by atoms with Crippen molar-refractivity contribution in [3.8, 4) is 16.9 Å². The van der Waals surface area contributed by atoms with E-state index in [1.165, 1.54) is 44.9 Å². The minimum absolute atomic E-state index is 0.250. The molecule has 0 aliphatic rings. The summed E-state index contributed by atoms with van der Waals surface area (Å²) in [6.07, 6.45) is 22.2. The van der Waals surface area contributed by atoms with Gasteiger partial charge in [-0.05, 0) is 86.4 Å². The van der Waals surface area contributed by atoms with E-state index >= 15 is 0 Å². The van der Waals surface area contributed by atoms with Crippen LogP contribution in [0.25, 0.3) is 11.1 Å². The summed E-state index contributed by atoms with van der Waals surface area (Å²) in [6.45, 7) is 7.87. The van der Waals surface area contributed by atoms with Gasteiger partial charge in [0.2, 0.25) is 0 Å². The highest BCUT2D eigenvalue weighted by atomic mass is 16.5. The van der Waals surface area contributed by atoms with Crippen LogP contribution in [0.2, 0.25) is 0 Å². The lowest BCUT2D eigenvalue weighted by Gasteiger charge is -2.20. The third-order valence-corrected chi connectivity index (χ3v) is 6.21. The van der Waals surface area contributed by atoms with Crippen molar-refractivity contribution < 1.29 is 14.6 Å². The zero-order valence-corrected chi connectivity index (χ0v) is 21.5. The van der Waals surface area contributed by atoms with Crippen molar-refractivity contribution in [3.63, 3.8) is 0 Å². The lowest BCUT2D eigenvalue weighted by molar-refractivity contribution is 0.0697. The third kappa shape index (κ3) is 10.8. The number of carboxylic acid groups (broad SMARTS) is 1. The highest BCUT2D eigenvalue weighted by Gasteiger charge is 2.12. The maximum atomic E-state index is 11.2. The molecule has 0 spiro atoms. The lowest BCUT2D eigenvalue weighted by Crippen LogP contribution is -2.16. The van der Waals surface area contributed by atoms with Crippen molar-refractivity contribution >= 4 is 5.97 Å². The average molecular weight is 475 g/mol. The fourth-order valence-corrected chi connectivity index (χ4v) is 4.22. The third-order valence-electron chi connectivity index (χ3n) is 6.21. The molecule has 0 aliphatic heterocycles. The fourth-order valence-electron chi connectivity index (χ4n) is 4.22. The first kappa shape index (κ1) is 28.2. The number of aryl methyl sites for hydroxylation is 1. The van der Waals surface area contributed by atoms with Crippen LogP contribution in [0, 0.1) is 6.92 Å². The van der Waals surface area contributed by atoms with Gasteiger partial charge >= 0.3 is 5.97 Å². The first-order valence-electron chi connectivity index (χ1n) is 13.1. The fraction of sp³-hybridized carbons (Fsp3) is 0.406. The zero-order valence-electron chi connectivity index (χ0n) is 21.5. The van der Waals surface area contributed by atoms with Gasteiger partial charge in [-0.1, -0.05) is 87.8 Å². The second kappa shape index (κ2) is 16.5. The minimum Gasteiger partial charge on any atom is -0.490 e. The summed E-state index contributed by atoms with van der Waals surface area (Å²) in [5, 5.41) is 9.20. The molecule has 0 heterocycles. The Hall–Kier alpha value is -3.07. The predicted molar refractivity (Wildman–Crippen MR) is 148 cm³/mol. The van der Waals surface area contributed by atoms with Crippen molar-refractivity contribution in [3.05, 3.63) is 90.6 Å². The van der Waals surface area contributed by atoms with Crippen LogP contribution in [0.1, 0.15) is 87.1 Å². The normalized spacial score (nSPS) is 12.3. The molecule has 0 bridgehead atoms. The first-order chi connectivity index (χ1) is 17.0. The van der Waals surface area contributed by atoms with Gasteiger partial charge in [0.05, 0.1) is 11.7 Å². The number of hydrogen-bond donors (Lipinski definition) is 1. The van der Waals surface area contributed by atoms with Gasteiger partial charge in [0.25, 0.3) is 0 Å². The molecular formula is C32H42O3. The smallest absolute Gasteiger partial charge is 0.335 e. The standard InChI is InChI=1S/C32H42O3/c1-4-6-8-10-11-12-13-14-16-18-29(17-15-9-7-5-2)35-30-22-19-27(20-23-30)31-24-21-28(32(33)34)25-26(31)3/h4,6,8,10-11,19-25,29H,1,5,7,9,12-18H2,2-3H3,(H,33,34)/b8-6+,11-10-. The highest BCUT2D eigenvalue weighted by Crippen LogP contribution is 2.28. The SMILES string of the molecule is C=C/C=C/C=C\CCCCCC(CCCCCC)Oc1ccc(-c2ccc(C(=O)O)cc2C)cc1. The Morgan fingerprint density at radius 2 is 1.66 bits per heavy atom. The van der Waals surface area contributed by atoms with E-state index in [2.05, 4.69) is 37.8 Å². The molecule has 0 radical (unpaired) electrons. The number of rotatable bonds is 17. The molecule has 0 aromatic heterocycles. The molecule has 0 aliphatic carbocycles. The molecule has 0 saturated carbocycles. The number of benzene rings is 2. The number of hydrogen-bond acceptors (Lipinski definition) is 2. The number of aromatic carboxylic acids is 1. The van der Waals surface area contributed by atoms with Crippen LogP contribution >= 0.6 is 0 Å². The molecule has 2 rings (SSSR count). The maximum absolute atomic E-state index is 11.2. The van der Waals surface area contributed by atoms with E-state index in [1.54, 1.807) is 18.2 Å². The summed E-state index contributed by atoms with van der Waals surface area (Å²) >= 11 is 0. The summed E-state index contributed by atoms with van der Waals surface area (Å²) in [5.74, 6) is 0.0107. The van der Waals surface area contributed by atoms with E-state index in [0.29, 0.717) is 5.56 Å². The summed E-state index contributed by atoms with van der Waals surface area (Å²) < 4.78 is 6.43. The minimum atomic E-state index is -0.898. The van der Waals surface area contributed by atoms with Gasteiger partial charge in [0.1, 0.15) is 5.75 Å². The molecule has 1 unspecified atom stereocenters. The number of ether oxygens (including phenoxy) is 1. The Bertz CT molecular complexity index is 953. The Morgan fingerprint density at radius 1 is 0.943 bits per heavy atom. The quantitative estimate of drug-likeness (QED) is 0.183. The zero-order chi connectivity index (χ0) is 25.3. The molecule has 1 atom stereocenters. The predicted octanol–water partition coefficient (Wildman–Crippen LogP) is 9.33. The van der Waals surface area contributed by atoms with Crippen LogP contribution in [-0.2, 0) is 0 Å². The van der Waals surface area contributed by atoms with Crippen LogP contribution in [-0.4, -0.2) is 17.2 Å². The lowest BCUT2D eigenvalue weighted by atomic mass is 9.98. The molecule has 35 heavy (non-hydrogen) atoms. The molecular weight excluding hydrogens is 432 g/mol. The Kier molecular flexibility index (Phi) is 13.3. The van der Waals surface area contributed by atoms with Gasteiger partial charge in [0.15, 0.2) is 0 Å². The van der Waals surface area contributed by atoms with Gasteiger partial charge in [-0.3, -0.25) is 0 Å². The molecule has 2 aromatic carbocycles. The Balaban J connectivity index is 1.91. The second-order valence-electron chi connectivity index (χ2n) is 9.14. The maximum Gasteiger partial charge on any atom is 0.335 e. The van der Waals surface area contributed by atoms with Crippen molar-refractivity contribution in [1.82, 2.24) is 0 Å². The van der Waals surface area contributed by atoms with E-state index in [1.807, 2.05) is 37.3 Å². The summed E-state index contributed by atoms with van der Waals surface area (Å²) in [6, 6.07) is 13.5. The summed E-state index contributed by atoms with van der Waals surface area (Å²) in [4.78, 5) is 11.2. The van der Waals surface area contributed by atoms with Crippen molar-refractivity contribution in [1.29, 1.82) is 0 Å². The van der Waals surface area contributed by atoms with Gasteiger partial charge in [-0.2, -0.15) is 0 Å². The van der Waals surface area contributed by atoms with Crippen LogP contribution in [0.3, 0.4) is 0 Å². The molecule has 1 N–H and O–H groups in total. The van der Waals surface area contributed by atoms with E-state index in [4.69, 9.17) is 4.74 Å². The van der Waals surface area contributed by atoms with E-state index in [9.17, 15) is 9.90 Å². The average Bonchev–Trinajstić information content (AvgIpc) is 2.86. The first-order valence-corrected chi connectivity index (χ1v) is 13.1. The number of allylic oxidation sites excluding steroid dienone is 5. The summed E-state index contributed by atoms with van der Waals surface area (Å²) in [5.41, 5.74) is 3.39. The van der Waals surface area contributed by atoms with Gasteiger partial charge in [-0.15, -0.1) is 0 Å². The molecule has 3 heteroatoms. The van der Waals surface area contributed by atoms with Crippen LogP contribution in [0.15, 0.2) is 79.4 Å². The van der Waals surface area contributed by atoms with E-state index in [0.717, 1.165) is 41.7 Å². The molecule has 0 amide bonds. The highest BCUT2D eigenvalue weighted by molar-refractivity contribution is 5.89. The second-order valence-corrected chi connectivity index (χ2v) is 9.14. The number of carboxylic acids is 1. The summed E-state index contributed by atoms with van der Waals surface area (Å²) in [7, 11) is 0. The Morgan fingerprint density at radius 3 is 2.29 bits per heavy atom. The molecule has 3 nitrogen and oxygen atoms in total. The van der Waals surface area contributed by atoms with Gasteiger partial charge < -0.3 is 9.84 Å².